The number of anilines is 2. The van der Waals surface area contributed by atoms with Gasteiger partial charge in [-0.15, -0.1) is 11.3 Å². The molecule has 196 valence electrons. The van der Waals surface area contributed by atoms with E-state index in [2.05, 4.69) is 15.5 Å². The third kappa shape index (κ3) is 6.30. The molecule has 1 aromatic heterocycles. The Kier molecular flexibility index (Phi) is 7.45. The van der Waals surface area contributed by atoms with Gasteiger partial charge in [-0.2, -0.15) is 0 Å². The third-order valence-corrected chi connectivity index (χ3v) is 8.10. The van der Waals surface area contributed by atoms with E-state index in [1.807, 2.05) is 22.4 Å². The molecule has 3 aliphatic rings. The number of nitrogens with zero attached hydrogens (tertiary/aromatic N) is 2. The van der Waals surface area contributed by atoms with Crippen molar-refractivity contribution < 1.29 is 24.3 Å². The number of carbonyl (C=O) groups excluding carboxylic acids is 3. The molecule has 1 aromatic carbocycles. The Morgan fingerprint density at radius 1 is 1.00 bits per heavy atom. The highest BCUT2D eigenvalue weighted by Crippen LogP contribution is 2.35. The largest absolute Gasteiger partial charge is 0.481 e. The number of hydrogen-bond donors (Lipinski definition) is 3. The Morgan fingerprint density at radius 3 is 2.46 bits per heavy atom. The molecule has 10 heteroatoms. The first-order chi connectivity index (χ1) is 17.9. The van der Waals surface area contributed by atoms with Gasteiger partial charge >= 0.3 is 5.97 Å². The molecule has 1 aliphatic heterocycles. The second-order valence-corrected chi connectivity index (χ2v) is 11.1. The van der Waals surface area contributed by atoms with Crippen molar-refractivity contribution in [1.29, 1.82) is 0 Å². The topological polar surface area (TPSA) is 119 Å². The minimum atomic E-state index is -0.998. The predicted molar refractivity (Wildman–Crippen MR) is 141 cm³/mol. The number of carbonyl (C=O) groups is 4. The molecule has 37 heavy (non-hydrogen) atoms. The molecule has 1 saturated heterocycles. The summed E-state index contributed by atoms with van der Waals surface area (Å²) < 4.78 is 0. The lowest BCUT2D eigenvalue weighted by Crippen LogP contribution is -2.36. The van der Waals surface area contributed by atoms with Gasteiger partial charge in [0, 0.05) is 48.5 Å². The first kappa shape index (κ1) is 25.3. The van der Waals surface area contributed by atoms with E-state index in [1.54, 1.807) is 18.2 Å². The minimum absolute atomic E-state index is 0.0000957. The minimum Gasteiger partial charge on any atom is -0.481 e. The molecular formula is C27H32N4O5S. The Bertz CT molecular complexity index is 1180. The van der Waals surface area contributed by atoms with Crippen LogP contribution in [0.25, 0.3) is 0 Å². The molecule has 5 rings (SSSR count). The predicted octanol–water partition coefficient (Wildman–Crippen LogP) is 3.49. The summed E-state index contributed by atoms with van der Waals surface area (Å²) in [6.45, 7) is 2.75. The van der Waals surface area contributed by atoms with Crippen LogP contribution in [0.4, 0.5) is 11.4 Å². The van der Waals surface area contributed by atoms with Gasteiger partial charge in [-0.3, -0.25) is 19.2 Å². The number of benzene rings is 1. The second-order valence-electron chi connectivity index (χ2n) is 10.1. The van der Waals surface area contributed by atoms with Crippen LogP contribution in [-0.4, -0.2) is 59.9 Å². The fourth-order valence-corrected chi connectivity index (χ4v) is 5.51. The van der Waals surface area contributed by atoms with E-state index >= 15 is 0 Å². The van der Waals surface area contributed by atoms with Gasteiger partial charge in [-0.05, 0) is 61.7 Å². The standard InChI is InChI=1S/C27H32N4O5S/c32-24(33)16-21(23-3-1-14-37-23)29-26(35)19-8-9-22(20(15-19)28-25(34)17-4-5-17)30-10-2-11-31(13-12-30)27(36)18-6-7-18/h1,3,8-9,14-15,17-18,21H,2,4-7,10-13,16H2,(H,28,34)(H,29,35)(H,32,33). The molecule has 0 radical (unpaired) electrons. The molecule has 3 fully saturated rings. The summed E-state index contributed by atoms with van der Waals surface area (Å²) >= 11 is 1.39. The summed E-state index contributed by atoms with van der Waals surface area (Å²) in [6, 6.07) is 8.21. The average Bonchev–Trinajstić information content (AvgIpc) is 3.79. The van der Waals surface area contributed by atoms with E-state index in [-0.39, 0.29) is 30.1 Å². The molecule has 0 spiro atoms. The highest BCUT2D eigenvalue weighted by Gasteiger charge is 2.34. The van der Waals surface area contributed by atoms with Crippen molar-refractivity contribution in [2.45, 2.75) is 44.6 Å². The molecule has 0 bridgehead atoms. The lowest BCUT2D eigenvalue weighted by atomic mass is 10.1. The lowest BCUT2D eigenvalue weighted by Gasteiger charge is -2.26. The van der Waals surface area contributed by atoms with E-state index in [1.165, 1.54) is 11.3 Å². The Morgan fingerprint density at radius 2 is 1.78 bits per heavy atom. The molecule has 2 heterocycles. The molecule has 2 saturated carbocycles. The van der Waals surface area contributed by atoms with Crippen LogP contribution in [-0.2, 0) is 14.4 Å². The maximum atomic E-state index is 13.2. The number of nitrogens with one attached hydrogen (secondary N) is 2. The number of aliphatic carboxylic acids is 1. The molecule has 1 unspecified atom stereocenters. The van der Waals surface area contributed by atoms with Crippen LogP contribution in [0.2, 0.25) is 0 Å². The summed E-state index contributed by atoms with van der Waals surface area (Å²) in [5.41, 5.74) is 1.74. The molecule has 2 aliphatic carbocycles. The zero-order chi connectivity index (χ0) is 25.9. The Hall–Kier alpha value is -3.40. The fraction of sp³-hybridized carbons (Fsp3) is 0.481. The maximum absolute atomic E-state index is 13.2. The monoisotopic (exact) mass is 524 g/mol. The normalized spacial score (nSPS) is 18.6. The van der Waals surface area contributed by atoms with Gasteiger partial charge in [-0.1, -0.05) is 6.07 Å². The Labute approximate surface area is 219 Å². The van der Waals surface area contributed by atoms with Crippen LogP contribution < -0.4 is 15.5 Å². The van der Waals surface area contributed by atoms with Crippen LogP contribution in [0, 0.1) is 11.8 Å². The van der Waals surface area contributed by atoms with E-state index in [9.17, 15) is 24.3 Å². The zero-order valence-electron chi connectivity index (χ0n) is 20.7. The number of hydrogen-bond acceptors (Lipinski definition) is 6. The highest BCUT2D eigenvalue weighted by molar-refractivity contribution is 7.10. The van der Waals surface area contributed by atoms with E-state index in [0.717, 1.165) is 55.8 Å². The number of thiophene rings is 1. The number of carboxylic acid groups (broad SMARTS) is 1. The maximum Gasteiger partial charge on any atom is 0.305 e. The number of carboxylic acids is 1. The smallest absolute Gasteiger partial charge is 0.305 e. The Balaban J connectivity index is 1.35. The van der Waals surface area contributed by atoms with Gasteiger partial charge in [0.25, 0.3) is 5.91 Å². The quantitative estimate of drug-likeness (QED) is 0.462. The van der Waals surface area contributed by atoms with Crippen LogP contribution in [0.3, 0.4) is 0 Å². The summed E-state index contributed by atoms with van der Waals surface area (Å²) in [4.78, 5) is 54.7. The number of amides is 3. The molecule has 2 aromatic rings. The lowest BCUT2D eigenvalue weighted by molar-refractivity contribution is -0.137. The molecule has 1 atom stereocenters. The number of rotatable bonds is 9. The summed E-state index contributed by atoms with van der Waals surface area (Å²) in [6.07, 6.45) is 4.30. The van der Waals surface area contributed by atoms with Gasteiger partial charge in [0.15, 0.2) is 0 Å². The average molecular weight is 525 g/mol. The third-order valence-electron chi connectivity index (χ3n) is 7.11. The van der Waals surface area contributed by atoms with Crippen molar-refractivity contribution in [3.05, 3.63) is 46.2 Å². The van der Waals surface area contributed by atoms with Crippen molar-refractivity contribution in [3.63, 3.8) is 0 Å². The van der Waals surface area contributed by atoms with Crippen LogP contribution in [0.15, 0.2) is 35.7 Å². The molecule has 3 amide bonds. The highest BCUT2D eigenvalue weighted by atomic mass is 32.1. The van der Waals surface area contributed by atoms with Crippen LogP contribution in [0.1, 0.15) is 59.8 Å². The van der Waals surface area contributed by atoms with E-state index in [0.29, 0.717) is 24.3 Å². The van der Waals surface area contributed by atoms with Gasteiger partial charge < -0.3 is 25.5 Å². The molecule has 3 N–H and O–H groups in total. The van der Waals surface area contributed by atoms with Crippen LogP contribution in [0.5, 0.6) is 0 Å². The van der Waals surface area contributed by atoms with E-state index < -0.39 is 17.9 Å². The van der Waals surface area contributed by atoms with Gasteiger partial charge in [0.2, 0.25) is 11.8 Å². The first-order valence-corrected chi connectivity index (χ1v) is 13.8. The van der Waals surface area contributed by atoms with Gasteiger partial charge in [-0.25, -0.2) is 0 Å². The van der Waals surface area contributed by atoms with Crippen LogP contribution >= 0.6 is 11.3 Å². The summed E-state index contributed by atoms with van der Waals surface area (Å²) in [5, 5.41) is 17.1. The van der Waals surface area contributed by atoms with Crippen molar-refractivity contribution in [2.75, 3.05) is 36.4 Å². The zero-order valence-corrected chi connectivity index (χ0v) is 21.5. The first-order valence-electron chi connectivity index (χ1n) is 12.9. The van der Waals surface area contributed by atoms with Crippen molar-refractivity contribution in [1.82, 2.24) is 10.2 Å². The van der Waals surface area contributed by atoms with Crippen molar-refractivity contribution in [3.8, 4) is 0 Å². The second kappa shape index (κ2) is 10.9. The van der Waals surface area contributed by atoms with Crippen molar-refractivity contribution in [2.24, 2.45) is 11.8 Å². The summed E-state index contributed by atoms with van der Waals surface area (Å²) in [5.74, 6) is -1.01. The van der Waals surface area contributed by atoms with E-state index in [4.69, 9.17) is 0 Å². The summed E-state index contributed by atoms with van der Waals surface area (Å²) in [7, 11) is 0. The fourth-order valence-electron chi connectivity index (χ4n) is 4.73. The molecular weight excluding hydrogens is 492 g/mol. The van der Waals surface area contributed by atoms with Gasteiger partial charge in [0.05, 0.1) is 23.8 Å². The van der Waals surface area contributed by atoms with Crippen molar-refractivity contribution >= 4 is 46.4 Å². The van der Waals surface area contributed by atoms with Gasteiger partial charge in [0.1, 0.15) is 0 Å². The SMILES string of the molecule is O=C(O)CC(NC(=O)c1ccc(N2CCCN(C(=O)C3CC3)CC2)c(NC(=O)C2CC2)c1)c1cccs1. The molecule has 9 nitrogen and oxygen atoms in total.